The van der Waals surface area contributed by atoms with Gasteiger partial charge in [-0.1, -0.05) is 25.1 Å². The third-order valence-electron chi connectivity index (χ3n) is 1.85. The molecule has 4 heteroatoms. The molecule has 0 bridgehead atoms. The Hall–Kier alpha value is -1.00. The second kappa shape index (κ2) is 6.48. The van der Waals surface area contributed by atoms with Gasteiger partial charge in [0.2, 0.25) is 5.91 Å². The lowest BCUT2D eigenvalue weighted by Crippen LogP contribution is -2.34. The van der Waals surface area contributed by atoms with Gasteiger partial charge < -0.3 is 11.1 Å². The van der Waals surface area contributed by atoms with Gasteiger partial charge >= 0.3 is 0 Å². The van der Waals surface area contributed by atoms with Crippen LogP contribution in [0.2, 0.25) is 0 Å². The Morgan fingerprint density at radius 1 is 1.47 bits per heavy atom. The molecule has 82 valence electrons. The van der Waals surface area contributed by atoms with E-state index in [0.29, 0.717) is 11.8 Å². The molecule has 1 aromatic carbocycles. The first kappa shape index (κ1) is 12.1. The van der Waals surface area contributed by atoms with Crippen molar-refractivity contribution < 1.29 is 4.79 Å². The number of benzene rings is 1. The molecule has 3 N–H and O–H groups in total. The van der Waals surface area contributed by atoms with Crippen LogP contribution in [0.3, 0.4) is 0 Å². The Bertz CT molecular complexity index is 303. The maximum absolute atomic E-state index is 10.9. The van der Waals surface area contributed by atoms with Crippen LogP contribution >= 0.6 is 11.8 Å². The van der Waals surface area contributed by atoms with Crippen molar-refractivity contribution >= 4 is 17.7 Å². The smallest absolute Gasteiger partial charge is 0.233 e. The molecule has 1 atom stereocenters. The third kappa shape index (κ3) is 4.85. The highest BCUT2D eigenvalue weighted by atomic mass is 32.2. The molecular weight excluding hydrogens is 208 g/mol. The lowest BCUT2D eigenvalue weighted by Gasteiger charge is -2.11. The summed E-state index contributed by atoms with van der Waals surface area (Å²) in [5.74, 6) is -0.101. The summed E-state index contributed by atoms with van der Waals surface area (Å²) in [5, 5.41) is 3.12. The van der Waals surface area contributed by atoms with Gasteiger partial charge in [-0.15, -0.1) is 11.8 Å². The van der Waals surface area contributed by atoms with Crippen LogP contribution in [0.25, 0.3) is 0 Å². The zero-order valence-corrected chi connectivity index (χ0v) is 9.59. The van der Waals surface area contributed by atoms with Crippen LogP contribution in [0, 0.1) is 0 Å². The molecule has 0 heterocycles. The van der Waals surface area contributed by atoms with E-state index in [9.17, 15) is 4.79 Å². The van der Waals surface area contributed by atoms with Gasteiger partial charge in [-0.05, 0) is 12.1 Å². The molecule has 1 unspecified atom stereocenters. The molecule has 0 aliphatic rings. The molecule has 0 saturated heterocycles. The highest BCUT2D eigenvalue weighted by Crippen LogP contribution is 2.21. The SMILES string of the molecule is CC(CNC(=O)CN)Sc1ccccc1. The van der Waals surface area contributed by atoms with Gasteiger partial charge in [0.25, 0.3) is 0 Å². The Labute approximate surface area is 94.4 Å². The summed E-state index contributed by atoms with van der Waals surface area (Å²) < 4.78 is 0. The molecule has 1 rings (SSSR count). The summed E-state index contributed by atoms with van der Waals surface area (Å²) in [6, 6.07) is 10.1. The minimum atomic E-state index is -0.101. The first-order chi connectivity index (χ1) is 7.22. The maximum Gasteiger partial charge on any atom is 0.233 e. The first-order valence-electron chi connectivity index (χ1n) is 4.91. The second-order valence-electron chi connectivity index (χ2n) is 3.25. The zero-order valence-electron chi connectivity index (χ0n) is 8.77. The number of thioether (sulfide) groups is 1. The van der Waals surface area contributed by atoms with E-state index < -0.39 is 0 Å². The zero-order chi connectivity index (χ0) is 11.1. The number of carbonyl (C=O) groups excluding carboxylic acids is 1. The van der Waals surface area contributed by atoms with Crippen molar-refractivity contribution in [3.8, 4) is 0 Å². The maximum atomic E-state index is 10.9. The number of hydrogen-bond acceptors (Lipinski definition) is 3. The molecule has 0 saturated carbocycles. The van der Waals surface area contributed by atoms with Crippen LogP contribution in [-0.2, 0) is 4.79 Å². The van der Waals surface area contributed by atoms with E-state index in [4.69, 9.17) is 5.73 Å². The van der Waals surface area contributed by atoms with Gasteiger partial charge in [0.1, 0.15) is 0 Å². The number of nitrogens with one attached hydrogen (secondary N) is 1. The fourth-order valence-corrected chi connectivity index (χ4v) is 2.05. The van der Waals surface area contributed by atoms with Gasteiger partial charge in [-0.3, -0.25) is 4.79 Å². The van der Waals surface area contributed by atoms with E-state index in [0.717, 1.165) is 0 Å². The van der Waals surface area contributed by atoms with Crippen LogP contribution in [-0.4, -0.2) is 24.2 Å². The van der Waals surface area contributed by atoms with E-state index in [1.165, 1.54) is 4.90 Å². The van der Waals surface area contributed by atoms with E-state index in [2.05, 4.69) is 24.4 Å². The van der Waals surface area contributed by atoms with Gasteiger partial charge in [0.15, 0.2) is 0 Å². The topological polar surface area (TPSA) is 55.1 Å². The average molecular weight is 224 g/mol. The molecule has 0 fully saturated rings. The first-order valence-corrected chi connectivity index (χ1v) is 5.79. The monoisotopic (exact) mass is 224 g/mol. The van der Waals surface area contributed by atoms with E-state index in [1.54, 1.807) is 11.8 Å². The molecule has 0 spiro atoms. The van der Waals surface area contributed by atoms with Crippen molar-refractivity contribution in [2.24, 2.45) is 5.73 Å². The summed E-state index contributed by atoms with van der Waals surface area (Å²) >= 11 is 1.74. The number of amides is 1. The predicted octanol–water partition coefficient (Wildman–Crippen LogP) is 1.24. The average Bonchev–Trinajstić information content (AvgIpc) is 2.27. The number of nitrogens with two attached hydrogens (primary N) is 1. The molecule has 15 heavy (non-hydrogen) atoms. The minimum Gasteiger partial charge on any atom is -0.354 e. The fraction of sp³-hybridized carbons (Fsp3) is 0.364. The lowest BCUT2D eigenvalue weighted by atomic mass is 10.4. The van der Waals surface area contributed by atoms with Crippen molar-refractivity contribution in [1.82, 2.24) is 5.32 Å². The third-order valence-corrected chi connectivity index (χ3v) is 2.97. The van der Waals surface area contributed by atoms with E-state index >= 15 is 0 Å². The lowest BCUT2D eigenvalue weighted by molar-refractivity contribution is -0.119. The van der Waals surface area contributed by atoms with Gasteiger partial charge in [0.05, 0.1) is 6.54 Å². The van der Waals surface area contributed by atoms with E-state index in [1.807, 2.05) is 18.2 Å². The Kier molecular flexibility index (Phi) is 5.21. The predicted molar refractivity (Wildman–Crippen MR) is 63.8 cm³/mol. The second-order valence-corrected chi connectivity index (χ2v) is 4.76. The Morgan fingerprint density at radius 3 is 2.73 bits per heavy atom. The molecule has 0 aromatic heterocycles. The highest BCUT2D eigenvalue weighted by molar-refractivity contribution is 8.00. The van der Waals surface area contributed by atoms with Gasteiger partial charge in [-0.2, -0.15) is 0 Å². The molecule has 1 amide bonds. The summed E-state index contributed by atoms with van der Waals surface area (Å²) in [5.41, 5.74) is 5.19. The minimum absolute atomic E-state index is 0.0583. The summed E-state index contributed by atoms with van der Waals surface area (Å²) in [6.07, 6.45) is 0. The fourth-order valence-electron chi connectivity index (χ4n) is 1.10. The van der Waals surface area contributed by atoms with Crippen LogP contribution in [0.1, 0.15) is 6.92 Å². The van der Waals surface area contributed by atoms with Crippen molar-refractivity contribution in [2.45, 2.75) is 17.1 Å². The molecular formula is C11H16N2OS. The highest BCUT2D eigenvalue weighted by Gasteiger charge is 2.05. The molecule has 0 aliphatic carbocycles. The number of hydrogen-bond donors (Lipinski definition) is 2. The van der Waals surface area contributed by atoms with Crippen LogP contribution in [0.15, 0.2) is 35.2 Å². The van der Waals surface area contributed by atoms with Gasteiger partial charge in [-0.25, -0.2) is 0 Å². The van der Waals surface area contributed by atoms with Crippen molar-refractivity contribution in [2.75, 3.05) is 13.1 Å². The standard InChI is InChI=1S/C11H16N2OS/c1-9(8-13-11(14)7-12)15-10-5-3-2-4-6-10/h2-6,9H,7-8,12H2,1H3,(H,13,14). The molecule has 3 nitrogen and oxygen atoms in total. The molecule has 0 aliphatic heterocycles. The number of rotatable bonds is 5. The van der Waals surface area contributed by atoms with Crippen LogP contribution < -0.4 is 11.1 Å². The molecule has 1 aromatic rings. The van der Waals surface area contributed by atoms with Crippen LogP contribution in [0.4, 0.5) is 0 Å². The Morgan fingerprint density at radius 2 is 2.13 bits per heavy atom. The van der Waals surface area contributed by atoms with E-state index in [-0.39, 0.29) is 12.5 Å². The molecule has 0 radical (unpaired) electrons. The summed E-state index contributed by atoms with van der Waals surface area (Å²) in [4.78, 5) is 12.1. The Balaban J connectivity index is 2.30. The van der Waals surface area contributed by atoms with Crippen LogP contribution in [0.5, 0.6) is 0 Å². The quantitative estimate of drug-likeness (QED) is 0.740. The van der Waals surface area contributed by atoms with Crippen molar-refractivity contribution in [3.63, 3.8) is 0 Å². The normalized spacial score (nSPS) is 12.1. The summed E-state index contributed by atoms with van der Waals surface area (Å²) in [7, 11) is 0. The summed E-state index contributed by atoms with van der Waals surface area (Å²) in [6.45, 7) is 2.78. The van der Waals surface area contributed by atoms with Gasteiger partial charge in [0, 0.05) is 16.7 Å². The number of carbonyl (C=O) groups is 1. The van der Waals surface area contributed by atoms with Crippen molar-refractivity contribution in [3.05, 3.63) is 30.3 Å². The largest absolute Gasteiger partial charge is 0.354 e. The van der Waals surface area contributed by atoms with Crippen molar-refractivity contribution in [1.29, 1.82) is 0 Å².